The highest BCUT2D eigenvalue weighted by atomic mass is 35.5. The third-order valence-corrected chi connectivity index (χ3v) is 5.48. The largest absolute Gasteiger partial charge is 0.281 e. The van der Waals surface area contributed by atoms with Gasteiger partial charge in [-0.25, -0.2) is 9.97 Å². The highest BCUT2D eigenvalue weighted by Crippen LogP contribution is 2.27. The van der Waals surface area contributed by atoms with Crippen molar-refractivity contribution in [1.82, 2.24) is 18.6 Å². The zero-order chi connectivity index (χ0) is 14.9. The molecule has 0 aromatic carbocycles. The number of piperidine rings is 1. The van der Waals surface area contributed by atoms with Crippen molar-refractivity contribution in [1.29, 1.82) is 0 Å². The molecule has 1 aromatic heterocycles. The Kier molecular flexibility index (Phi) is 4.63. The molecule has 2 heterocycles. The third-order valence-electron chi connectivity index (χ3n) is 3.38. The van der Waals surface area contributed by atoms with E-state index in [-0.39, 0.29) is 5.92 Å². The molecule has 0 aliphatic carbocycles. The van der Waals surface area contributed by atoms with Gasteiger partial charge < -0.3 is 0 Å². The van der Waals surface area contributed by atoms with Gasteiger partial charge in [0.25, 0.3) is 10.2 Å². The summed E-state index contributed by atoms with van der Waals surface area (Å²) in [7, 11) is -0.302. The molecule has 1 unspecified atom stereocenters. The summed E-state index contributed by atoms with van der Waals surface area (Å²) in [6, 6.07) is 1.70. The van der Waals surface area contributed by atoms with Crippen LogP contribution in [0.1, 0.15) is 30.3 Å². The van der Waals surface area contributed by atoms with Gasteiger partial charge >= 0.3 is 0 Å². The van der Waals surface area contributed by atoms with Gasteiger partial charge in [0.05, 0.1) is 0 Å². The summed E-state index contributed by atoms with van der Waals surface area (Å²) in [5.74, 6) is 0.629. The highest BCUT2D eigenvalue weighted by molar-refractivity contribution is 7.86. The molecule has 0 amide bonds. The van der Waals surface area contributed by atoms with Crippen molar-refractivity contribution in [2.45, 2.75) is 25.7 Å². The smallest absolute Gasteiger partial charge is 0.238 e. The van der Waals surface area contributed by atoms with Crippen molar-refractivity contribution < 1.29 is 8.42 Å². The molecular weight excluding hydrogens is 300 g/mol. The fraction of sp³-hybridized carbons (Fsp3) is 0.667. The van der Waals surface area contributed by atoms with Crippen LogP contribution in [0.25, 0.3) is 0 Å². The van der Waals surface area contributed by atoms with E-state index in [4.69, 9.17) is 11.6 Å². The quantitative estimate of drug-likeness (QED) is 0.791. The van der Waals surface area contributed by atoms with Crippen LogP contribution in [0.4, 0.5) is 0 Å². The van der Waals surface area contributed by atoms with E-state index >= 15 is 0 Å². The van der Waals surface area contributed by atoms with Crippen molar-refractivity contribution >= 4 is 21.8 Å². The lowest BCUT2D eigenvalue weighted by Gasteiger charge is -2.32. The number of hydrogen-bond acceptors (Lipinski definition) is 4. The number of rotatable bonds is 3. The summed E-state index contributed by atoms with van der Waals surface area (Å²) in [5, 5.41) is 0.403. The normalized spacial score (nSPS) is 21.4. The van der Waals surface area contributed by atoms with Gasteiger partial charge in [-0.2, -0.15) is 17.0 Å². The summed E-state index contributed by atoms with van der Waals surface area (Å²) in [5.41, 5.74) is 0.799. The van der Waals surface area contributed by atoms with Crippen LogP contribution in [0.15, 0.2) is 6.07 Å². The van der Waals surface area contributed by atoms with Gasteiger partial charge in [-0.05, 0) is 25.8 Å². The Morgan fingerprint density at radius 3 is 2.70 bits per heavy atom. The molecule has 1 aliphatic rings. The molecule has 6 nitrogen and oxygen atoms in total. The summed E-state index contributed by atoms with van der Waals surface area (Å²) in [6.45, 7) is 2.80. The minimum Gasteiger partial charge on any atom is -0.238 e. The second-order valence-electron chi connectivity index (χ2n) is 5.18. The van der Waals surface area contributed by atoms with E-state index in [1.54, 1.807) is 20.2 Å². The van der Waals surface area contributed by atoms with E-state index in [0.29, 0.717) is 24.1 Å². The Hall–Kier alpha value is -0.760. The summed E-state index contributed by atoms with van der Waals surface area (Å²) in [6.07, 6.45) is 1.67. The van der Waals surface area contributed by atoms with Gasteiger partial charge in [0, 0.05) is 38.8 Å². The van der Waals surface area contributed by atoms with Crippen LogP contribution in [-0.4, -0.2) is 54.2 Å². The standard InChI is InChI=1S/C12H19ClN4O2S/c1-9-7-11(13)15-12(14-9)10-5-4-6-17(8-10)20(18,19)16(2)3/h7,10H,4-6,8H2,1-3H3. The Balaban J connectivity index is 2.23. The molecule has 0 saturated carbocycles. The summed E-state index contributed by atoms with van der Waals surface area (Å²) in [4.78, 5) is 8.63. The van der Waals surface area contributed by atoms with Crippen LogP contribution >= 0.6 is 11.6 Å². The van der Waals surface area contributed by atoms with E-state index in [1.165, 1.54) is 8.61 Å². The molecule has 1 saturated heterocycles. The van der Waals surface area contributed by atoms with Gasteiger partial charge in [-0.1, -0.05) is 11.6 Å². The monoisotopic (exact) mass is 318 g/mol. The van der Waals surface area contributed by atoms with Crippen LogP contribution in [0, 0.1) is 6.92 Å². The van der Waals surface area contributed by atoms with Crippen LogP contribution < -0.4 is 0 Å². The zero-order valence-electron chi connectivity index (χ0n) is 11.9. The van der Waals surface area contributed by atoms with E-state index in [2.05, 4.69) is 9.97 Å². The average Bonchev–Trinajstić information content (AvgIpc) is 2.37. The van der Waals surface area contributed by atoms with Gasteiger partial charge in [0.2, 0.25) is 0 Å². The predicted octanol–water partition coefficient (Wildman–Crippen LogP) is 1.42. The molecule has 1 aliphatic heterocycles. The number of aryl methyl sites for hydroxylation is 1. The van der Waals surface area contributed by atoms with Gasteiger partial charge in [0.15, 0.2) is 0 Å². The number of halogens is 1. The molecule has 0 radical (unpaired) electrons. The second kappa shape index (κ2) is 5.93. The first-order chi connectivity index (χ1) is 9.30. The maximum absolute atomic E-state index is 12.2. The van der Waals surface area contributed by atoms with Crippen molar-refractivity contribution in [3.63, 3.8) is 0 Å². The van der Waals surface area contributed by atoms with E-state index in [1.807, 2.05) is 6.92 Å². The number of hydrogen-bond donors (Lipinski definition) is 0. The van der Waals surface area contributed by atoms with Gasteiger partial charge in [-0.3, -0.25) is 0 Å². The minimum absolute atomic E-state index is 0.00382. The predicted molar refractivity (Wildman–Crippen MR) is 77.9 cm³/mol. The molecule has 1 atom stereocenters. The van der Waals surface area contributed by atoms with Crippen LogP contribution in [0.2, 0.25) is 5.15 Å². The maximum atomic E-state index is 12.2. The summed E-state index contributed by atoms with van der Waals surface area (Å²) >= 11 is 5.95. The lowest BCUT2D eigenvalue weighted by Crippen LogP contribution is -2.45. The SMILES string of the molecule is Cc1cc(Cl)nc(C2CCCN(S(=O)(=O)N(C)C)C2)n1. The first-order valence-corrected chi connectivity index (χ1v) is 8.27. The molecule has 1 fully saturated rings. The Labute approximate surface area is 125 Å². The Bertz CT molecular complexity index is 571. The van der Waals surface area contributed by atoms with E-state index in [0.717, 1.165) is 18.5 Å². The maximum Gasteiger partial charge on any atom is 0.281 e. The van der Waals surface area contributed by atoms with Crippen molar-refractivity contribution in [2.75, 3.05) is 27.2 Å². The Morgan fingerprint density at radius 2 is 2.10 bits per heavy atom. The summed E-state index contributed by atoms with van der Waals surface area (Å²) < 4.78 is 27.1. The second-order valence-corrected chi connectivity index (χ2v) is 7.71. The molecule has 20 heavy (non-hydrogen) atoms. The van der Waals surface area contributed by atoms with Crippen LogP contribution in [-0.2, 0) is 10.2 Å². The molecule has 0 spiro atoms. The lowest BCUT2D eigenvalue weighted by atomic mass is 9.99. The van der Waals surface area contributed by atoms with Crippen LogP contribution in [0.5, 0.6) is 0 Å². The molecule has 112 valence electrons. The van der Waals surface area contributed by atoms with Crippen molar-refractivity contribution in [3.8, 4) is 0 Å². The van der Waals surface area contributed by atoms with Gasteiger partial charge in [-0.15, -0.1) is 0 Å². The van der Waals surface area contributed by atoms with E-state index < -0.39 is 10.2 Å². The van der Waals surface area contributed by atoms with E-state index in [9.17, 15) is 8.42 Å². The van der Waals surface area contributed by atoms with Crippen molar-refractivity contribution in [3.05, 3.63) is 22.7 Å². The Morgan fingerprint density at radius 1 is 1.40 bits per heavy atom. The average molecular weight is 319 g/mol. The first-order valence-electron chi connectivity index (χ1n) is 6.49. The molecule has 0 N–H and O–H groups in total. The zero-order valence-corrected chi connectivity index (χ0v) is 13.4. The topological polar surface area (TPSA) is 66.4 Å². The molecule has 2 rings (SSSR count). The highest BCUT2D eigenvalue weighted by Gasteiger charge is 2.32. The van der Waals surface area contributed by atoms with Crippen molar-refractivity contribution in [2.24, 2.45) is 0 Å². The minimum atomic E-state index is -3.38. The molecular formula is C12H19ClN4O2S. The fourth-order valence-corrected chi connectivity index (χ4v) is 3.76. The van der Waals surface area contributed by atoms with Gasteiger partial charge in [0.1, 0.15) is 11.0 Å². The van der Waals surface area contributed by atoms with Crippen LogP contribution in [0.3, 0.4) is 0 Å². The number of aromatic nitrogens is 2. The molecule has 1 aromatic rings. The molecule has 8 heteroatoms. The third kappa shape index (κ3) is 3.28. The molecule has 0 bridgehead atoms. The lowest BCUT2D eigenvalue weighted by molar-refractivity contribution is 0.293. The first kappa shape index (κ1) is 15.6. The number of nitrogens with zero attached hydrogens (tertiary/aromatic N) is 4. The fourth-order valence-electron chi connectivity index (χ4n) is 2.33.